The van der Waals surface area contributed by atoms with E-state index in [-0.39, 0.29) is 5.69 Å². The standard InChI is InChI=1S/C14H8FN3O2/c15-14-7-4-9(8-16-14)11-6-5-10-12(17-11)2-1-3-13(10)18(19)20/h1-8H. The Kier molecular flexibility index (Phi) is 2.83. The van der Waals surface area contributed by atoms with E-state index in [0.717, 1.165) is 0 Å². The second-order valence-corrected chi connectivity index (χ2v) is 4.17. The van der Waals surface area contributed by atoms with Crippen molar-refractivity contribution in [1.29, 1.82) is 0 Å². The van der Waals surface area contributed by atoms with Crippen molar-refractivity contribution in [3.63, 3.8) is 0 Å². The number of halogens is 1. The molecule has 0 aliphatic heterocycles. The number of benzene rings is 1. The molecule has 0 fully saturated rings. The van der Waals surface area contributed by atoms with Crippen LogP contribution < -0.4 is 0 Å². The Morgan fingerprint density at radius 3 is 2.65 bits per heavy atom. The fourth-order valence-electron chi connectivity index (χ4n) is 1.99. The van der Waals surface area contributed by atoms with E-state index in [1.165, 1.54) is 18.3 Å². The minimum absolute atomic E-state index is 0.0128. The SMILES string of the molecule is O=[N+]([O-])c1cccc2nc(-c3ccc(F)nc3)ccc12. The molecule has 3 rings (SSSR count). The van der Waals surface area contributed by atoms with E-state index in [4.69, 9.17) is 0 Å². The maximum Gasteiger partial charge on any atom is 0.278 e. The van der Waals surface area contributed by atoms with Crippen LogP contribution in [0.4, 0.5) is 10.1 Å². The summed E-state index contributed by atoms with van der Waals surface area (Å²) in [6.45, 7) is 0. The van der Waals surface area contributed by atoms with Crippen LogP contribution in [0.1, 0.15) is 0 Å². The molecule has 0 atom stereocenters. The molecule has 3 aromatic rings. The van der Waals surface area contributed by atoms with E-state index in [2.05, 4.69) is 9.97 Å². The molecule has 0 spiro atoms. The third kappa shape index (κ3) is 2.07. The van der Waals surface area contributed by atoms with Gasteiger partial charge in [0.15, 0.2) is 0 Å². The molecule has 0 N–H and O–H groups in total. The molecule has 2 aromatic heterocycles. The number of nitro groups is 1. The minimum atomic E-state index is -0.565. The Bertz CT molecular complexity index is 803. The second kappa shape index (κ2) is 4.65. The highest BCUT2D eigenvalue weighted by molar-refractivity contribution is 5.89. The normalized spacial score (nSPS) is 10.7. The van der Waals surface area contributed by atoms with Gasteiger partial charge >= 0.3 is 0 Å². The van der Waals surface area contributed by atoms with Gasteiger partial charge in [-0.15, -0.1) is 0 Å². The van der Waals surface area contributed by atoms with Crippen LogP contribution >= 0.6 is 0 Å². The molecule has 0 bridgehead atoms. The lowest BCUT2D eigenvalue weighted by Gasteiger charge is -2.03. The number of pyridine rings is 2. The maximum atomic E-state index is 12.8. The summed E-state index contributed by atoms with van der Waals surface area (Å²) in [5, 5.41) is 11.4. The van der Waals surface area contributed by atoms with Gasteiger partial charge in [-0.1, -0.05) is 6.07 Å². The number of hydrogen-bond acceptors (Lipinski definition) is 4. The monoisotopic (exact) mass is 269 g/mol. The summed E-state index contributed by atoms with van der Waals surface area (Å²) in [5.74, 6) is -0.565. The summed E-state index contributed by atoms with van der Waals surface area (Å²) in [4.78, 5) is 18.4. The van der Waals surface area contributed by atoms with Gasteiger partial charge in [-0.2, -0.15) is 4.39 Å². The van der Waals surface area contributed by atoms with Gasteiger partial charge in [0.05, 0.1) is 21.5 Å². The van der Waals surface area contributed by atoms with Crippen LogP contribution in [0.15, 0.2) is 48.7 Å². The van der Waals surface area contributed by atoms with Gasteiger partial charge in [0.2, 0.25) is 5.95 Å². The summed E-state index contributed by atoms with van der Waals surface area (Å²) in [7, 11) is 0. The van der Waals surface area contributed by atoms with Gasteiger partial charge in [-0.3, -0.25) is 10.1 Å². The van der Waals surface area contributed by atoms with E-state index >= 15 is 0 Å². The third-order valence-corrected chi connectivity index (χ3v) is 2.93. The predicted octanol–water partition coefficient (Wildman–Crippen LogP) is 3.34. The van der Waals surface area contributed by atoms with Crippen LogP contribution in [-0.2, 0) is 0 Å². The van der Waals surface area contributed by atoms with Crippen LogP contribution in [-0.4, -0.2) is 14.9 Å². The van der Waals surface area contributed by atoms with E-state index in [9.17, 15) is 14.5 Å². The summed E-state index contributed by atoms with van der Waals surface area (Å²) < 4.78 is 12.8. The number of nitro benzene ring substituents is 1. The molecule has 2 heterocycles. The van der Waals surface area contributed by atoms with Crippen LogP contribution in [0.25, 0.3) is 22.2 Å². The highest BCUT2D eigenvalue weighted by Gasteiger charge is 2.12. The predicted molar refractivity (Wildman–Crippen MR) is 71.6 cm³/mol. The minimum Gasteiger partial charge on any atom is -0.258 e. The van der Waals surface area contributed by atoms with Crippen LogP contribution in [0, 0.1) is 16.1 Å². The van der Waals surface area contributed by atoms with Crippen molar-refractivity contribution in [3.8, 4) is 11.3 Å². The van der Waals surface area contributed by atoms with Gasteiger partial charge in [0, 0.05) is 17.8 Å². The van der Waals surface area contributed by atoms with Crippen LogP contribution in [0.3, 0.4) is 0 Å². The van der Waals surface area contributed by atoms with E-state index in [0.29, 0.717) is 22.2 Å². The Morgan fingerprint density at radius 1 is 1.10 bits per heavy atom. The molecule has 98 valence electrons. The fraction of sp³-hybridized carbons (Fsp3) is 0. The van der Waals surface area contributed by atoms with Crippen molar-refractivity contribution in [3.05, 3.63) is 64.7 Å². The molecular formula is C14H8FN3O2. The Labute approximate surface area is 112 Å². The number of fused-ring (bicyclic) bond motifs is 1. The first-order chi connectivity index (χ1) is 9.65. The first-order valence-electron chi connectivity index (χ1n) is 5.81. The Hall–Kier alpha value is -2.89. The molecule has 20 heavy (non-hydrogen) atoms. The van der Waals surface area contributed by atoms with Gasteiger partial charge in [-0.25, -0.2) is 9.97 Å². The first-order valence-corrected chi connectivity index (χ1v) is 5.81. The highest BCUT2D eigenvalue weighted by atomic mass is 19.1. The molecule has 0 radical (unpaired) electrons. The Morgan fingerprint density at radius 2 is 1.95 bits per heavy atom. The molecule has 0 aliphatic carbocycles. The Balaban J connectivity index is 2.16. The fourth-order valence-corrected chi connectivity index (χ4v) is 1.99. The van der Waals surface area contributed by atoms with Crippen molar-refractivity contribution in [2.45, 2.75) is 0 Å². The van der Waals surface area contributed by atoms with Crippen molar-refractivity contribution in [1.82, 2.24) is 9.97 Å². The average Bonchev–Trinajstić information content (AvgIpc) is 2.46. The van der Waals surface area contributed by atoms with Gasteiger partial charge in [-0.05, 0) is 30.3 Å². The summed E-state index contributed by atoms with van der Waals surface area (Å²) in [6, 6.07) is 10.8. The summed E-state index contributed by atoms with van der Waals surface area (Å²) in [6.07, 6.45) is 1.38. The zero-order chi connectivity index (χ0) is 14.1. The molecule has 0 saturated heterocycles. The zero-order valence-corrected chi connectivity index (χ0v) is 10.2. The molecule has 5 nitrogen and oxygen atoms in total. The average molecular weight is 269 g/mol. The number of non-ortho nitro benzene ring substituents is 1. The molecule has 1 aromatic carbocycles. The molecule has 0 amide bonds. The van der Waals surface area contributed by atoms with Crippen LogP contribution in [0.2, 0.25) is 0 Å². The smallest absolute Gasteiger partial charge is 0.258 e. The largest absolute Gasteiger partial charge is 0.278 e. The van der Waals surface area contributed by atoms with Crippen molar-refractivity contribution >= 4 is 16.6 Å². The molecule has 0 unspecified atom stereocenters. The number of aromatic nitrogens is 2. The van der Waals surface area contributed by atoms with Crippen molar-refractivity contribution < 1.29 is 9.31 Å². The topological polar surface area (TPSA) is 68.9 Å². The lowest BCUT2D eigenvalue weighted by molar-refractivity contribution is -0.383. The summed E-state index contributed by atoms with van der Waals surface area (Å²) >= 11 is 0. The lowest BCUT2D eigenvalue weighted by Crippen LogP contribution is -1.92. The second-order valence-electron chi connectivity index (χ2n) is 4.17. The number of hydrogen-bond donors (Lipinski definition) is 0. The van der Waals surface area contributed by atoms with E-state index < -0.39 is 10.9 Å². The lowest BCUT2D eigenvalue weighted by atomic mass is 10.1. The zero-order valence-electron chi connectivity index (χ0n) is 10.2. The van der Waals surface area contributed by atoms with Crippen LogP contribution in [0.5, 0.6) is 0 Å². The third-order valence-electron chi connectivity index (χ3n) is 2.93. The quantitative estimate of drug-likeness (QED) is 0.406. The maximum absolute atomic E-state index is 12.8. The van der Waals surface area contributed by atoms with Gasteiger partial charge in [0.25, 0.3) is 5.69 Å². The number of nitrogens with zero attached hydrogens (tertiary/aromatic N) is 3. The molecule has 6 heteroatoms. The first kappa shape index (κ1) is 12.2. The molecule has 0 aliphatic rings. The van der Waals surface area contributed by atoms with Gasteiger partial charge < -0.3 is 0 Å². The highest BCUT2D eigenvalue weighted by Crippen LogP contribution is 2.26. The molecular weight excluding hydrogens is 261 g/mol. The number of rotatable bonds is 2. The van der Waals surface area contributed by atoms with E-state index in [1.807, 2.05) is 0 Å². The van der Waals surface area contributed by atoms with Crippen molar-refractivity contribution in [2.24, 2.45) is 0 Å². The van der Waals surface area contributed by atoms with Crippen molar-refractivity contribution in [2.75, 3.05) is 0 Å². The van der Waals surface area contributed by atoms with Gasteiger partial charge in [0.1, 0.15) is 0 Å². The molecule has 0 saturated carbocycles. The summed E-state index contributed by atoms with van der Waals surface area (Å²) in [5.41, 5.74) is 1.77. The van der Waals surface area contributed by atoms with E-state index in [1.54, 1.807) is 30.3 Å².